The maximum atomic E-state index is 12.9. The van der Waals surface area contributed by atoms with Crippen molar-refractivity contribution >= 4 is 29.1 Å². The van der Waals surface area contributed by atoms with E-state index in [0.29, 0.717) is 36.7 Å². The average Bonchev–Trinajstić information content (AvgIpc) is 2.88. The third-order valence-electron chi connectivity index (χ3n) is 4.01. The summed E-state index contributed by atoms with van der Waals surface area (Å²) in [7, 11) is 0. The van der Waals surface area contributed by atoms with Crippen LogP contribution in [0.5, 0.6) is 5.75 Å². The lowest BCUT2D eigenvalue weighted by molar-refractivity contribution is -0.136. The fourth-order valence-corrected chi connectivity index (χ4v) is 3.64. The minimum absolute atomic E-state index is 0.142. The number of carbonyl (C=O) groups excluding carboxylic acids is 2. The molecular formula is C21H29NO4S. The van der Waals surface area contributed by atoms with E-state index in [-0.39, 0.29) is 17.9 Å². The number of imide groups is 1. The van der Waals surface area contributed by atoms with Crippen LogP contribution in [0.2, 0.25) is 0 Å². The average molecular weight is 392 g/mol. The van der Waals surface area contributed by atoms with Crippen LogP contribution in [-0.4, -0.2) is 48.3 Å². The van der Waals surface area contributed by atoms with Gasteiger partial charge in [-0.05, 0) is 50.1 Å². The highest BCUT2D eigenvalue weighted by atomic mass is 32.2. The van der Waals surface area contributed by atoms with Gasteiger partial charge < -0.3 is 9.47 Å². The van der Waals surface area contributed by atoms with Gasteiger partial charge >= 0.3 is 0 Å². The Kier molecular flexibility index (Phi) is 8.38. The third-order valence-corrected chi connectivity index (χ3v) is 4.96. The number of amides is 2. The van der Waals surface area contributed by atoms with E-state index < -0.39 is 0 Å². The molecular weight excluding hydrogens is 362 g/mol. The zero-order chi connectivity index (χ0) is 19.8. The highest BCUT2D eigenvalue weighted by Crippen LogP contribution is 2.36. The van der Waals surface area contributed by atoms with Crippen molar-refractivity contribution in [1.29, 1.82) is 0 Å². The van der Waals surface area contributed by atoms with Crippen molar-refractivity contribution in [2.24, 2.45) is 0 Å². The first-order valence-electron chi connectivity index (χ1n) is 9.57. The van der Waals surface area contributed by atoms with Crippen LogP contribution in [0.25, 0.3) is 5.57 Å². The number of carbonyl (C=O) groups is 2. The summed E-state index contributed by atoms with van der Waals surface area (Å²) in [4.78, 5) is 27.6. The van der Waals surface area contributed by atoms with Gasteiger partial charge in [-0.15, -0.1) is 11.8 Å². The molecule has 0 atom stereocenters. The molecule has 0 aromatic heterocycles. The minimum atomic E-state index is -0.220. The molecule has 1 heterocycles. The Balaban J connectivity index is 2.16. The van der Waals surface area contributed by atoms with Gasteiger partial charge in [0.15, 0.2) is 0 Å². The molecule has 0 fully saturated rings. The standard InChI is InChI=1S/C21H29NO4S/c1-5-13-26-17-10-8-16(9-11-17)18-19(27-6-2)21(24)22(20(18)23)12-7-14-25-15(3)4/h8-11,15H,5-7,12-14H2,1-4H3. The molecule has 5 nitrogen and oxygen atoms in total. The molecule has 0 aliphatic carbocycles. The largest absolute Gasteiger partial charge is 0.494 e. The predicted molar refractivity (Wildman–Crippen MR) is 110 cm³/mol. The van der Waals surface area contributed by atoms with Crippen LogP contribution in [0.4, 0.5) is 0 Å². The Hall–Kier alpha value is -1.79. The second-order valence-electron chi connectivity index (χ2n) is 6.55. The highest BCUT2D eigenvalue weighted by molar-refractivity contribution is 8.04. The topological polar surface area (TPSA) is 55.8 Å². The summed E-state index contributed by atoms with van der Waals surface area (Å²) in [6.07, 6.45) is 1.71. The van der Waals surface area contributed by atoms with E-state index in [9.17, 15) is 9.59 Å². The van der Waals surface area contributed by atoms with Crippen molar-refractivity contribution in [3.63, 3.8) is 0 Å². The van der Waals surface area contributed by atoms with E-state index in [1.54, 1.807) is 0 Å². The molecule has 2 rings (SSSR count). The van der Waals surface area contributed by atoms with Crippen LogP contribution in [-0.2, 0) is 14.3 Å². The summed E-state index contributed by atoms with van der Waals surface area (Å²) >= 11 is 1.42. The van der Waals surface area contributed by atoms with E-state index in [0.717, 1.165) is 23.5 Å². The Morgan fingerprint density at radius 3 is 2.33 bits per heavy atom. The summed E-state index contributed by atoms with van der Waals surface area (Å²) in [6.45, 7) is 9.53. The monoisotopic (exact) mass is 391 g/mol. The van der Waals surface area contributed by atoms with Gasteiger partial charge in [-0.1, -0.05) is 26.0 Å². The van der Waals surface area contributed by atoms with Crippen molar-refractivity contribution in [2.75, 3.05) is 25.5 Å². The molecule has 0 unspecified atom stereocenters. The molecule has 0 N–H and O–H groups in total. The van der Waals surface area contributed by atoms with Crippen LogP contribution in [0.1, 0.15) is 46.1 Å². The second kappa shape index (κ2) is 10.5. The fraction of sp³-hybridized carbons (Fsp3) is 0.524. The molecule has 0 saturated heterocycles. The first-order chi connectivity index (χ1) is 13.0. The molecule has 27 heavy (non-hydrogen) atoms. The molecule has 0 bridgehead atoms. The Morgan fingerprint density at radius 2 is 1.74 bits per heavy atom. The summed E-state index contributed by atoms with van der Waals surface area (Å²) in [6, 6.07) is 7.41. The zero-order valence-electron chi connectivity index (χ0n) is 16.6. The van der Waals surface area contributed by atoms with Gasteiger partial charge in [0.05, 0.1) is 23.2 Å². The van der Waals surface area contributed by atoms with Gasteiger partial charge in [-0.3, -0.25) is 14.5 Å². The molecule has 0 radical (unpaired) electrons. The first kappa shape index (κ1) is 21.5. The number of nitrogens with zero attached hydrogens (tertiary/aromatic N) is 1. The Labute approximate surface area is 166 Å². The minimum Gasteiger partial charge on any atom is -0.494 e. The summed E-state index contributed by atoms with van der Waals surface area (Å²) in [5.74, 6) is 1.09. The van der Waals surface area contributed by atoms with Gasteiger partial charge in [-0.2, -0.15) is 0 Å². The number of rotatable bonds is 11. The third kappa shape index (κ3) is 5.59. The maximum Gasteiger partial charge on any atom is 0.267 e. The second-order valence-corrected chi connectivity index (χ2v) is 7.82. The number of ether oxygens (including phenoxy) is 2. The molecule has 148 valence electrons. The van der Waals surface area contributed by atoms with Gasteiger partial charge in [-0.25, -0.2) is 0 Å². The Morgan fingerprint density at radius 1 is 1.04 bits per heavy atom. The van der Waals surface area contributed by atoms with Crippen molar-refractivity contribution in [3.8, 4) is 5.75 Å². The predicted octanol–water partition coefficient (Wildman–Crippen LogP) is 4.12. The maximum absolute atomic E-state index is 12.9. The number of hydrogen-bond acceptors (Lipinski definition) is 5. The molecule has 0 spiro atoms. The lowest BCUT2D eigenvalue weighted by atomic mass is 10.1. The van der Waals surface area contributed by atoms with Gasteiger partial charge in [0, 0.05) is 13.2 Å². The van der Waals surface area contributed by atoms with Crippen LogP contribution >= 0.6 is 11.8 Å². The van der Waals surface area contributed by atoms with Crippen LogP contribution in [0, 0.1) is 0 Å². The summed E-state index contributed by atoms with van der Waals surface area (Å²) in [5.41, 5.74) is 1.26. The zero-order valence-corrected chi connectivity index (χ0v) is 17.4. The summed E-state index contributed by atoms with van der Waals surface area (Å²) in [5, 5.41) is 0. The quantitative estimate of drug-likeness (QED) is 0.419. The van der Waals surface area contributed by atoms with Crippen molar-refractivity contribution in [3.05, 3.63) is 34.7 Å². The number of benzene rings is 1. The van der Waals surface area contributed by atoms with Crippen molar-refractivity contribution in [1.82, 2.24) is 4.90 Å². The van der Waals surface area contributed by atoms with Gasteiger partial charge in [0.25, 0.3) is 11.8 Å². The van der Waals surface area contributed by atoms with Crippen LogP contribution in [0.3, 0.4) is 0 Å². The Bertz CT molecular complexity index is 682. The van der Waals surface area contributed by atoms with Crippen LogP contribution in [0.15, 0.2) is 29.2 Å². The lowest BCUT2D eigenvalue weighted by Gasteiger charge is -2.15. The van der Waals surface area contributed by atoms with E-state index in [2.05, 4.69) is 6.92 Å². The normalized spacial score (nSPS) is 14.6. The number of hydrogen-bond donors (Lipinski definition) is 0. The van der Waals surface area contributed by atoms with E-state index >= 15 is 0 Å². The molecule has 0 saturated carbocycles. The van der Waals surface area contributed by atoms with E-state index in [4.69, 9.17) is 9.47 Å². The lowest BCUT2D eigenvalue weighted by Crippen LogP contribution is -2.33. The molecule has 6 heteroatoms. The first-order valence-corrected chi connectivity index (χ1v) is 10.6. The number of thioether (sulfide) groups is 1. The smallest absolute Gasteiger partial charge is 0.267 e. The van der Waals surface area contributed by atoms with E-state index in [1.807, 2.05) is 45.0 Å². The molecule has 1 aliphatic heterocycles. The fourth-order valence-electron chi connectivity index (χ4n) is 2.77. The van der Waals surface area contributed by atoms with Crippen LogP contribution < -0.4 is 4.74 Å². The molecule has 1 aromatic rings. The molecule has 1 aromatic carbocycles. The highest BCUT2D eigenvalue weighted by Gasteiger charge is 2.38. The molecule has 2 amide bonds. The van der Waals surface area contributed by atoms with Gasteiger partial charge in [0.2, 0.25) is 0 Å². The van der Waals surface area contributed by atoms with E-state index in [1.165, 1.54) is 16.7 Å². The van der Waals surface area contributed by atoms with Crippen molar-refractivity contribution in [2.45, 2.75) is 46.6 Å². The van der Waals surface area contributed by atoms with Crippen molar-refractivity contribution < 1.29 is 19.1 Å². The SMILES string of the molecule is CCCOc1ccc(C2=C(SCC)C(=O)N(CCCOC(C)C)C2=O)cc1. The molecule has 1 aliphatic rings. The summed E-state index contributed by atoms with van der Waals surface area (Å²) < 4.78 is 11.1. The van der Waals surface area contributed by atoms with Gasteiger partial charge in [0.1, 0.15) is 5.75 Å².